The topological polar surface area (TPSA) is 114 Å². The van der Waals surface area contributed by atoms with Crippen LogP contribution in [-0.4, -0.2) is 34.3 Å². The summed E-state index contributed by atoms with van der Waals surface area (Å²) in [7, 11) is -3.88. The first kappa shape index (κ1) is 15.4. The van der Waals surface area contributed by atoms with Gasteiger partial charge in [0.25, 0.3) is 10.0 Å². The molecule has 0 spiro atoms. The summed E-state index contributed by atoms with van der Waals surface area (Å²) in [5.41, 5.74) is -0.0793. The summed E-state index contributed by atoms with van der Waals surface area (Å²) in [5, 5.41) is 17.5. The fraction of sp³-hybridized carbons (Fsp3) is 0.364. The fourth-order valence-electron chi connectivity index (χ4n) is 1.68. The van der Waals surface area contributed by atoms with Gasteiger partial charge in [-0.25, -0.2) is 13.2 Å². The molecular weight excluding hydrogens is 316 g/mol. The molecular formula is C11H14N4O4S2. The van der Waals surface area contributed by atoms with Gasteiger partial charge in [-0.2, -0.15) is 0 Å². The van der Waals surface area contributed by atoms with Gasteiger partial charge in [0.05, 0.1) is 0 Å². The van der Waals surface area contributed by atoms with E-state index in [1.165, 1.54) is 10.8 Å². The lowest BCUT2D eigenvalue weighted by Gasteiger charge is -2.01. The highest BCUT2D eigenvalue weighted by atomic mass is 32.2. The van der Waals surface area contributed by atoms with Gasteiger partial charge in [-0.3, -0.25) is 4.72 Å². The zero-order valence-corrected chi connectivity index (χ0v) is 13.0. The van der Waals surface area contributed by atoms with E-state index in [-0.39, 0.29) is 15.7 Å². The van der Waals surface area contributed by atoms with Crippen molar-refractivity contribution in [1.82, 2.24) is 14.8 Å². The number of aromatic nitrogens is 3. The third-order valence-corrected chi connectivity index (χ3v) is 5.15. The highest BCUT2D eigenvalue weighted by Crippen LogP contribution is 2.21. The first-order chi connectivity index (χ1) is 9.87. The maximum absolute atomic E-state index is 12.2. The SMILES string of the molecule is CCc1nnc(NS(=O)(=O)c2cc(C(=O)O)n(CC)c2)s1. The van der Waals surface area contributed by atoms with Crippen molar-refractivity contribution in [2.75, 3.05) is 4.72 Å². The van der Waals surface area contributed by atoms with Crippen molar-refractivity contribution in [2.24, 2.45) is 0 Å². The highest BCUT2D eigenvalue weighted by molar-refractivity contribution is 7.93. The minimum absolute atomic E-state index is 0.0793. The maximum atomic E-state index is 12.2. The minimum Gasteiger partial charge on any atom is -0.477 e. The van der Waals surface area contributed by atoms with Crippen LogP contribution < -0.4 is 4.72 Å². The number of nitrogens with one attached hydrogen (secondary N) is 1. The lowest BCUT2D eigenvalue weighted by Crippen LogP contribution is -2.12. The molecule has 0 radical (unpaired) electrons. The second-order valence-corrected chi connectivity index (χ2v) is 6.86. The van der Waals surface area contributed by atoms with Crippen molar-refractivity contribution in [3.05, 3.63) is 23.0 Å². The number of nitrogens with zero attached hydrogens (tertiary/aromatic N) is 3. The van der Waals surface area contributed by atoms with Gasteiger partial charge in [0.2, 0.25) is 5.13 Å². The highest BCUT2D eigenvalue weighted by Gasteiger charge is 2.22. The quantitative estimate of drug-likeness (QED) is 0.828. The number of carboxylic acids is 1. The number of carbonyl (C=O) groups is 1. The maximum Gasteiger partial charge on any atom is 0.352 e. The molecule has 0 bridgehead atoms. The van der Waals surface area contributed by atoms with E-state index in [9.17, 15) is 13.2 Å². The van der Waals surface area contributed by atoms with Gasteiger partial charge in [-0.1, -0.05) is 18.3 Å². The van der Waals surface area contributed by atoms with E-state index in [4.69, 9.17) is 5.11 Å². The van der Waals surface area contributed by atoms with Crippen LogP contribution in [0.15, 0.2) is 17.2 Å². The molecule has 0 unspecified atom stereocenters. The van der Waals surface area contributed by atoms with E-state index in [0.29, 0.717) is 18.0 Å². The molecule has 0 fully saturated rings. The monoisotopic (exact) mass is 330 g/mol. The molecule has 0 amide bonds. The third-order valence-electron chi connectivity index (χ3n) is 2.73. The molecule has 2 heterocycles. The Morgan fingerprint density at radius 3 is 2.62 bits per heavy atom. The summed E-state index contributed by atoms with van der Waals surface area (Å²) in [4.78, 5) is 10.9. The van der Waals surface area contributed by atoms with E-state index in [2.05, 4.69) is 14.9 Å². The van der Waals surface area contributed by atoms with E-state index < -0.39 is 16.0 Å². The van der Waals surface area contributed by atoms with Crippen molar-refractivity contribution < 1.29 is 18.3 Å². The third kappa shape index (κ3) is 3.22. The number of rotatable bonds is 6. The second-order valence-electron chi connectivity index (χ2n) is 4.11. The van der Waals surface area contributed by atoms with E-state index in [1.54, 1.807) is 6.92 Å². The van der Waals surface area contributed by atoms with Crippen molar-refractivity contribution in [2.45, 2.75) is 31.7 Å². The molecule has 0 saturated carbocycles. The molecule has 21 heavy (non-hydrogen) atoms. The number of aromatic carboxylic acids is 1. The van der Waals surface area contributed by atoms with Gasteiger partial charge < -0.3 is 9.67 Å². The second kappa shape index (κ2) is 5.82. The molecule has 2 rings (SSSR count). The van der Waals surface area contributed by atoms with Crippen LogP contribution in [0.4, 0.5) is 5.13 Å². The van der Waals surface area contributed by atoms with Crippen LogP contribution in [-0.2, 0) is 23.0 Å². The molecule has 0 aliphatic heterocycles. The number of hydrogen-bond acceptors (Lipinski definition) is 6. The minimum atomic E-state index is -3.88. The van der Waals surface area contributed by atoms with Gasteiger partial charge in [0, 0.05) is 12.7 Å². The van der Waals surface area contributed by atoms with Crippen molar-refractivity contribution in [3.8, 4) is 0 Å². The Morgan fingerprint density at radius 2 is 2.14 bits per heavy atom. The van der Waals surface area contributed by atoms with Crippen molar-refractivity contribution in [3.63, 3.8) is 0 Å². The zero-order chi connectivity index (χ0) is 15.6. The van der Waals surface area contributed by atoms with Crippen LogP contribution in [0.3, 0.4) is 0 Å². The molecule has 2 N–H and O–H groups in total. The smallest absolute Gasteiger partial charge is 0.352 e. The lowest BCUT2D eigenvalue weighted by atomic mass is 10.4. The van der Waals surface area contributed by atoms with Gasteiger partial charge in [0.15, 0.2) is 0 Å². The number of hydrogen-bond donors (Lipinski definition) is 2. The molecule has 0 aliphatic carbocycles. The Kier molecular flexibility index (Phi) is 4.28. The lowest BCUT2D eigenvalue weighted by molar-refractivity contribution is 0.0685. The fourth-order valence-corrected chi connectivity index (χ4v) is 3.63. The zero-order valence-electron chi connectivity index (χ0n) is 11.4. The van der Waals surface area contributed by atoms with E-state index >= 15 is 0 Å². The average molecular weight is 330 g/mol. The van der Waals surface area contributed by atoms with Crippen LogP contribution in [0, 0.1) is 0 Å². The van der Waals surface area contributed by atoms with Crippen LogP contribution in [0.2, 0.25) is 0 Å². The number of aryl methyl sites for hydroxylation is 2. The normalized spacial score (nSPS) is 11.5. The molecule has 0 aliphatic rings. The summed E-state index contributed by atoms with van der Waals surface area (Å²) in [5.74, 6) is -1.18. The van der Waals surface area contributed by atoms with E-state index in [1.807, 2.05) is 6.92 Å². The van der Waals surface area contributed by atoms with Crippen molar-refractivity contribution in [1.29, 1.82) is 0 Å². The average Bonchev–Trinajstić information content (AvgIpc) is 3.04. The predicted molar refractivity (Wildman–Crippen MR) is 77.2 cm³/mol. The predicted octanol–water partition coefficient (Wildman–Crippen LogP) is 1.42. The molecule has 2 aromatic rings. The molecule has 0 aromatic carbocycles. The van der Waals surface area contributed by atoms with Gasteiger partial charge in [-0.05, 0) is 19.4 Å². The molecule has 8 nitrogen and oxygen atoms in total. The summed E-state index contributed by atoms with van der Waals surface area (Å²) in [6.45, 7) is 3.98. The number of carboxylic acid groups (broad SMARTS) is 1. The summed E-state index contributed by atoms with van der Waals surface area (Å²) in [6, 6.07) is 1.12. The number of anilines is 1. The Bertz CT molecular complexity index is 763. The largest absolute Gasteiger partial charge is 0.477 e. The number of sulfonamides is 1. The Labute approximate surface area is 125 Å². The molecule has 2 aromatic heterocycles. The molecule has 10 heteroatoms. The van der Waals surface area contributed by atoms with Crippen molar-refractivity contribution >= 4 is 32.5 Å². The molecule has 114 valence electrons. The van der Waals surface area contributed by atoms with E-state index in [0.717, 1.165) is 17.4 Å². The molecule has 0 atom stereocenters. The van der Waals surface area contributed by atoms with Crippen LogP contribution in [0.25, 0.3) is 0 Å². The molecule has 0 saturated heterocycles. The van der Waals surface area contributed by atoms with Crippen LogP contribution in [0.1, 0.15) is 29.3 Å². The van der Waals surface area contributed by atoms with Gasteiger partial charge >= 0.3 is 5.97 Å². The summed E-state index contributed by atoms with van der Waals surface area (Å²) >= 11 is 1.14. The first-order valence-electron chi connectivity index (χ1n) is 6.16. The summed E-state index contributed by atoms with van der Waals surface area (Å²) in [6.07, 6.45) is 1.95. The first-order valence-corrected chi connectivity index (χ1v) is 8.46. The summed E-state index contributed by atoms with van der Waals surface area (Å²) < 4.78 is 28.1. The van der Waals surface area contributed by atoms with Gasteiger partial charge in [-0.15, -0.1) is 10.2 Å². The Morgan fingerprint density at radius 1 is 1.43 bits per heavy atom. The van der Waals surface area contributed by atoms with Gasteiger partial charge in [0.1, 0.15) is 15.6 Å². The standard InChI is InChI=1S/C11H14N4O4S2/c1-3-9-12-13-11(20-9)14-21(18,19)7-5-8(10(16)17)15(4-2)6-7/h5-6H,3-4H2,1-2H3,(H,13,14)(H,16,17). The Hall–Kier alpha value is -1.94. The van der Waals surface area contributed by atoms with Crippen LogP contribution >= 0.6 is 11.3 Å². The van der Waals surface area contributed by atoms with Crippen LogP contribution in [0.5, 0.6) is 0 Å². The Balaban J connectivity index is 2.33.